The zero-order valence-electron chi connectivity index (χ0n) is 19.5. The van der Waals surface area contributed by atoms with E-state index in [9.17, 15) is 13.5 Å². The van der Waals surface area contributed by atoms with Crippen LogP contribution in [0.3, 0.4) is 0 Å². The molecule has 0 saturated heterocycles. The van der Waals surface area contributed by atoms with E-state index in [-0.39, 0.29) is 16.7 Å². The number of hydrogen-bond donors (Lipinski definition) is 2. The first kappa shape index (κ1) is 23.0. The predicted octanol–water partition coefficient (Wildman–Crippen LogP) is 3.70. The van der Waals surface area contributed by atoms with Gasteiger partial charge in [0.25, 0.3) is 0 Å². The molecule has 0 bridgehead atoms. The van der Waals surface area contributed by atoms with Crippen LogP contribution >= 0.6 is 0 Å². The van der Waals surface area contributed by atoms with Crippen LogP contribution in [0.15, 0.2) is 88.8 Å². The highest BCUT2D eigenvalue weighted by atomic mass is 32.2. The summed E-state index contributed by atoms with van der Waals surface area (Å²) in [5.41, 5.74) is 8.51. The molecule has 0 aliphatic carbocycles. The van der Waals surface area contributed by atoms with E-state index < -0.39 is 10.0 Å². The van der Waals surface area contributed by atoms with Crippen LogP contribution in [0.5, 0.6) is 5.75 Å². The highest BCUT2D eigenvalue weighted by Gasteiger charge is 2.36. The first-order chi connectivity index (χ1) is 16.8. The summed E-state index contributed by atoms with van der Waals surface area (Å²) in [4.78, 5) is 9.02. The SMILES string of the molecule is Cc1ccc(C2=C3N=CC=C(c4cccc(S(=O)(=O)N(C)C)c4)N3NC2c2ccncc2)cc1O. The van der Waals surface area contributed by atoms with Gasteiger partial charge in [-0.2, -0.15) is 0 Å². The Kier molecular flexibility index (Phi) is 5.76. The van der Waals surface area contributed by atoms with E-state index in [2.05, 4.69) is 15.4 Å². The molecule has 2 aliphatic rings. The Labute approximate surface area is 204 Å². The Balaban J connectivity index is 1.64. The van der Waals surface area contributed by atoms with Crippen molar-refractivity contribution in [1.82, 2.24) is 19.7 Å². The predicted molar refractivity (Wildman–Crippen MR) is 136 cm³/mol. The van der Waals surface area contributed by atoms with Crippen LogP contribution < -0.4 is 5.43 Å². The number of hydrogen-bond acceptors (Lipinski definition) is 7. The van der Waals surface area contributed by atoms with Crippen LogP contribution in [0.1, 0.15) is 28.3 Å². The van der Waals surface area contributed by atoms with Crippen molar-refractivity contribution in [2.45, 2.75) is 17.9 Å². The highest BCUT2D eigenvalue weighted by Crippen LogP contribution is 2.44. The maximum absolute atomic E-state index is 12.7. The van der Waals surface area contributed by atoms with E-state index in [4.69, 9.17) is 0 Å². The molecule has 0 saturated carbocycles. The number of allylic oxidation sites excluding steroid dienone is 1. The number of fused-ring (bicyclic) bond motifs is 1. The van der Waals surface area contributed by atoms with Crippen LogP contribution in [-0.2, 0) is 10.0 Å². The molecule has 8 nitrogen and oxygen atoms in total. The minimum absolute atomic E-state index is 0.208. The van der Waals surface area contributed by atoms with Crippen molar-refractivity contribution in [2.75, 3.05) is 14.1 Å². The summed E-state index contributed by atoms with van der Waals surface area (Å²) in [6.07, 6.45) is 7.02. The minimum atomic E-state index is -3.59. The van der Waals surface area contributed by atoms with Gasteiger partial charge in [0, 0.05) is 43.8 Å². The third-order valence-corrected chi connectivity index (χ3v) is 7.95. The summed E-state index contributed by atoms with van der Waals surface area (Å²) >= 11 is 0. The number of aromatic hydroxyl groups is 1. The van der Waals surface area contributed by atoms with Crippen molar-refractivity contribution in [3.63, 3.8) is 0 Å². The quantitative estimate of drug-likeness (QED) is 0.570. The van der Waals surface area contributed by atoms with Crippen LogP contribution in [0, 0.1) is 6.92 Å². The van der Waals surface area contributed by atoms with Gasteiger partial charge in [-0.15, -0.1) is 0 Å². The third-order valence-electron chi connectivity index (χ3n) is 6.14. The molecule has 2 N–H and O–H groups in total. The van der Waals surface area contributed by atoms with Gasteiger partial charge in [0.1, 0.15) is 5.75 Å². The Hall–Kier alpha value is -3.79. The fourth-order valence-corrected chi connectivity index (χ4v) is 5.14. The molecule has 0 radical (unpaired) electrons. The highest BCUT2D eigenvalue weighted by molar-refractivity contribution is 7.89. The normalized spacial score (nSPS) is 17.7. The monoisotopic (exact) mass is 487 g/mol. The Morgan fingerprint density at radius 2 is 1.80 bits per heavy atom. The lowest BCUT2D eigenvalue weighted by Crippen LogP contribution is -2.33. The average Bonchev–Trinajstić information content (AvgIpc) is 3.26. The van der Waals surface area contributed by atoms with E-state index in [1.54, 1.807) is 42.9 Å². The summed E-state index contributed by atoms with van der Waals surface area (Å²) in [6.45, 7) is 1.85. The number of benzene rings is 2. The van der Waals surface area contributed by atoms with Gasteiger partial charge < -0.3 is 5.11 Å². The molecule has 2 aliphatic heterocycles. The van der Waals surface area contributed by atoms with Crippen molar-refractivity contribution in [3.8, 4) is 5.75 Å². The largest absolute Gasteiger partial charge is 0.508 e. The molecule has 0 amide bonds. The molecule has 1 aromatic heterocycles. The molecule has 0 spiro atoms. The Bertz CT molecular complexity index is 1490. The van der Waals surface area contributed by atoms with E-state index >= 15 is 0 Å². The van der Waals surface area contributed by atoms with Gasteiger partial charge >= 0.3 is 0 Å². The van der Waals surface area contributed by atoms with Gasteiger partial charge in [-0.25, -0.2) is 23.1 Å². The van der Waals surface area contributed by atoms with E-state index in [1.807, 2.05) is 48.3 Å². The minimum Gasteiger partial charge on any atom is -0.508 e. The van der Waals surface area contributed by atoms with Crippen molar-refractivity contribution in [2.24, 2.45) is 4.99 Å². The number of nitrogens with zero attached hydrogens (tertiary/aromatic N) is 4. The molecule has 0 fully saturated rings. The average molecular weight is 488 g/mol. The second-order valence-electron chi connectivity index (χ2n) is 8.56. The zero-order chi connectivity index (χ0) is 24.7. The summed E-state index contributed by atoms with van der Waals surface area (Å²) in [7, 11) is -0.562. The van der Waals surface area contributed by atoms with Crippen molar-refractivity contribution >= 4 is 27.5 Å². The van der Waals surface area contributed by atoms with Crippen LogP contribution in [0.2, 0.25) is 0 Å². The molecule has 9 heteroatoms. The van der Waals surface area contributed by atoms with Crippen LogP contribution in [0.25, 0.3) is 11.3 Å². The molecular formula is C26H25N5O3S. The molecule has 2 aromatic carbocycles. The van der Waals surface area contributed by atoms with E-state index in [0.29, 0.717) is 5.82 Å². The topological polar surface area (TPSA) is 98.1 Å². The van der Waals surface area contributed by atoms with Gasteiger partial charge in [0.15, 0.2) is 5.82 Å². The second-order valence-corrected chi connectivity index (χ2v) is 10.7. The van der Waals surface area contributed by atoms with Gasteiger partial charge in [0.05, 0.1) is 16.6 Å². The Morgan fingerprint density at radius 3 is 2.51 bits per heavy atom. The number of aliphatic imine (C=N–C) groups is 1. The van der Waals surface area contributed by atoms with Crippen LogP contribution in [0.4, 0.5) is 0 Å². The van der Waals surface area contributed by atoms with Crippen molar-refractivity contribution in [1.29, 1.82) is 0 Å². The second kappa shape index (κ2) is 8.77. The van der Waals surface area contributed by atoms with Crippen molar-refractivity contribution in [3.05, 3.63) is 101 Å². The Morgan fingerprint density at radius 1 is 1.03 bits per heavy atom. The lowest BCUT2D eigenvalue weighted by atomic mass is 9.93. The number of aromatic nitrogens is 1. The first-order valence-corrected chi connectivity index (χ1v) is 12.5. The van der Waals surface area contributed by atoms with Gasteiger partial charge in [-0.3, -0.25) is 9.99 Å². The molecule has 3 aromatic rings. The summed E-state index contributed by atoms with van der Waals surface area (Å²) in [5, 5.41) is 12.3. The van der Waals surface area contributed by atoms with Gasteiger partial charge in [-0.05, 0) is 60.0 Å². The molecule has 1 atom stereocenters. The number of pyridine rings is 1. The van der Waals surface area contributed by atoms with Gasteiger partial charge in [-0.1, -0.05) is 24.3 Å². The summed E-state index contributed by atoms with van der Waals surface area (Å²) in [5.74, 6) is 0.883. The van der Waals surface area contributed by atoms with E-state index in [1.165, 1.54) is 18.4 Å². The van der Waals surface area contributed by atoms with Crippen LogP contribution in [-0.4, -0.2) is 48.1 Å². The maximum Gasteiger partial charge on any atom is 0.242 e. The molecule has 5 rings (SSSR count). The molecular weight excluding hydrogens is 462 g/mol. The number of aryl methyl sites for hydroxylation is 1. The number of hydrazine groups is 1. The number of sulfonamides is 1. The maximum atomic E-state index is 12.7. The third kappa shape index (κ3) is 4.03. The zero-order valence-corrected chi connectivity index (χ0v) is 20.4. The summed E-state index contributed by atoms with van der Waals surface area (Å²) < 4.78 is 26.7. The number of nitrogens with one attached hydrogen (secondary N) is 1. The number of phenols is 1. The summed E-state index contributed by atoms with van der Waals surface area (Å²) in [6, 6.07) is 16.0. The molecule has 178 valence electrons. The number of rotatable bonds is 5. The lowest BCUT2D eigenvalue weighted by Gasteiger charge is -2.27. The number of phenolic OH excluding ortho intramolecular Hbond substituents is 1. The van der Waals surface area contributed by atoms with Gasteiger partial charge in [0.2, 0.25) is 10.0 Å². The van der Waals surface area contributed by atoms with E-state index in [0.717, 1.165) is 33.5 Å². The molecule has 3 heterocycles. The fourth-order valence-electron chi connectivity index (χ4n) is 4.19. The molecule has 35 heavy (non-hydrogen) atoms. The first-order valence-electron chi connectivity index (χ1n) is 11.0. The fraction of sp³-hybridized carbons (Fsp3) is 0.154. The van der Waals surface area contributed by atoms with Crippen molar-refractivity contribution < 1.29 is 13.5 Å². The lowest BCUT2D eigenvalue weighted by molar-refractivity contribution is 0.363. The smallest absolute Gasteiger partial charge is 0.242 e. The molecule has 1 unspecified atom stereocenters. The standard InChI is InChI=1S/C26H25N5O3S/c1-17-7-8-20(16-23(17)32)24-25(18-9-12-27-13-10-18)29-31-22(11-14-28-26(24)31)19-5-4-6-21(15-19)35(33,34)30(2)3/h4-16,25,29,32H,1-3H3.